The van der Waals surface area contributed by atoms with E-state index in [2.05, 4.69) is 6.58 Å². The number of halogens is 5. The number of hydrogen-bond acceptors (Lipinski definition) is 4. The smallest absolute Gasteiger partial charge is 0.205 e. The lowest BCUT2D eigenvalue weighted by Crippen LogP contribution is -2.46. The Kier molecular flexibility index (Phi) is 4.71. The quantitative estimate of drug-likeness (QED) is 0.811. The fraction of sp³-hybridized carbons (Fsp3) is 0.200. The molecular weight excluding hydrogens is 357 g/mol. The Morgan fingerprint density at radius 2 is 1.36 bits per heavy atom. The van der Waals surface area contributed by atoms with E-state index in [1.807, 2.05) is 0 Å². The molecule has 0 radical (unpaired) electrons. The first-order valence-corrected chi connectivity index (χ1v) is 8.16. The molecule has 0 aliphatic carbocycles. The number of alkyl halides is 5. The summed E-state index contributed by atoms with van der Waals surface area (Å²) >= 11 is 0. The molecule has 124 valence electrons. The van der Waals surface area contributed by atoms with E-state index < -0.39 is 36.4 Å². The summed E-state index contributed by atoms with van der Waals surface area (Å²) in [6, 6.07) is 3.31. The topological polar surface area (TPSA) is 80.3 Å². The van der Waals surface area contributed by atoms with E-state index in [1.165, 1.54) is 6.08 Å². The summed E-state index contributed by atoms with van der Waals surface area (Å²) in [5.74, 6) is 0. The van der Waals surface area contributed by atoms with Gasteiger partial charge < -0.3 is 0 Å². The molecule has 0 heterocycles. The molecule has 0 spiro atoms. The van der Waals surface area contributed by atoms with Crippen molar-refractivity contribution < 1.29 is 38.8 Å². The SMILES string of the molecule is C=Cc1ccc(C(F)(F)S(=O)(=O)NS(=O)(=O)C(F)(F)F)cc1. The van der Waals surface area contributed by atoms with Crippen LogP contribution in [0.3, 0.4) is 0 Å². The van der Waals surface area contributed by atoms with Gasteiger partial charge in [0, 0.05) is 5.56 Å². The second-order valence-electron chi connectivity index (χ2n) is 3.88. The Bertz CT molecular complexity index is 767. The summed E-state index contributed by atoms with van der Waals surface area (Å²) in [7, 11) is -12.7. The summed E-state index contributed by atoms with van der Waals surface area (Å²) in [6.45, 7) is 3.32. The maximum absolute atomic E-state index is 13.8. The Hall–Kier alpha value is -1.53. The Balaban J connectivity index is 3.27. The second-order valence-corrected chi connectivity index (χ2v) is 7.53. The summed E-state index contributed by atoms with van der Waals surface area (Å²) < 4.78 is 108. The fourth-order valence-electron chi connectivity index (χ4n) is 1.21. The van der Waals surface area contributed by atoms with Crippen LogP contribution in [0.1, 0.15) is 11.1 Å². The van der Waals surface area contributed by atoms with Gasteiger partial charge in [-0.25, -0.2) is 16.8 Å². The number of sulfonamides is 2. The molecule has 22 heavy (non-hydrogen) atoms. The highest BCUT2D eigenvalue weighted by Crippen LogP contribution is 2.35. The molecule has 0 aliphatic heterocycles. The molecule has 0 saturated carbocycles. The first-order valence-electron chi connectivity index (χ1n) is 5.20. The van der Waals surface area contributed by atoms with Gasteiger partial charge in [-0.3, -0.25) is 0 Å². The van der Waals surface area contributed by atoms with Crippen molar-refractivity contribution in [2.24, 2.45) is 0 Å². The molecule has 1 aromatic rings. The molecular formula is C10H8F5NO4S2. The summed E-state index contributed by atoms with van der Waals surface area (Å²) in [6.07, 6.45) is 1.25. The number of hydrogen-bond donors (Lipinski definition) is 1. The van der Waals surface area contributed by atoms with E-state index in [1.54, 1.807) is 0 Å². The van der Waals surface area contributed by atoms with Crippen molar-refractivity contribution in [3.8, 4) is 0 Å². The third kappa shape index (κ3) is 3.44. The zero-order valence-corrected chi connectivity index (χ0v) is 12.1. The predicted octanol–water partition coefficient (Wildman–Crippen LogP) is 2.15. The van der Waals surface area contributed by atoms with Gasteiger partial charge in [0.05, 0.1) is 0 Å². The maximum atomic E-state index is 13.8. The standard InChI is InChI=1S/C10H8F5NO4S2/c1-2-7-3-5-8(6-4-7)9(11,12)21(17,18)16-22(19,20)10(13,14)15/h2-6,16H,1H2. The van der Waals surface area contributed by atoms with Crippen LogP contribution in [-0.4, -0.2) is 22.3 Å². The van der Waals surface area contributed by atoms with Crippen molar-refractivity contribution in [1.82, 2.24) is 4.13 Å². The Morgan fingerprint density at radius 3 is 1.73 bits per heavy atom. The van der Waals surface area contributed by atoms with Gasteiger partial charge >= 0.3 is 20.8 Å². The van der Waals surface area contributed by atoms with Crippen LogP contribution in [0.2, 0.25) is 0 Å². The highest BCUT2D eigenvalue weighted by Gasteiger charge is 2.55. The molecule has 0 bridgehead atoms. The average molecular weight is 365 g/mol. The van der Waals surface area contributed by atoms with Crippen LogP contribution in [0.15, 0.2) is 30.8 Å². The third-order valence-corrected chi connectivity index (χ3v) is 5.62. The van der Waals surface area contributed by atoms with E-state index in [0.717, 1.165) is 12.1 Å². The molecule has 12 heteroatoms. The van der Waals surface area contributed by atoms with Gasteiger partial charge in [-0.1, -0.05) is 41.0 Å². The molecule has 1 N–H and O–H groups in total. The van der Waals surface area contributed by atoms with Gasteiger partial charge in [0.1, 0.15) is 0 Å². The number of nitrogens with one attached hydrogen (secondary N) is 1. The molecule has 0 fully saturated rings. The largest absolute Gasteiger partial charge is 0.512 e. The van der Waals surface area contributed by atoms with Gasteiger partial charge in [-0.15, -0.1) is 0 Å². The van der Waals surface area contributed by atoms with E-state index in [4.69, 9.17) is 0 Å². The van der Waals surface area contributed by atoms with Gasteiger partial charge in [0.15, 0.2) is 0 Å². The predicted molar refractivity (Wildman–Crippen MR) is 67.5 cm³/mol. The molecule has 0 atom stereocenters. The number of rotatable bonds is 5. The minimum atomic E-state index is -6.49. The van der Waals surface area contributed by atoms with Crippen LogP contribution < -0.4 is 4.13 Å². The van der Waals surface area contributed by atoms with E-state index in [0.29, 0.717) is 17.7 Å². The lowest BCUT2D eigenvalue weighted by atomic mass is 10.1. The maximum Gasteiger partial charge on any atom is 0.512 e. The summed E-state index contributed by atoms with van der Waals surface area (Å²) in [4.78, 5) is 0. The van der Waals surface area contributed by atoms with Crippen LogP contribution in [0, 0.1) is 0 Å². The minimum Gasteiger partial charge on any atom is -0.205 e. The average Bonchev–Trinajstić information content (AvgIpc) is 2.36. The molecule has 0 aromatic heterocycles. The van der Waals surface area contributed by atoms with E-state index in [9.17, 15) is 38.8 Å². The minimum absolute atomic E-state index is 0.0108. The Labute approximate surface area is 122 Å². The first-order chi connectivity index (χ1) is 9.74. The molecule has 5 nitrogen and oxygen atoms in total. The fourth-order valence-corrected chi connectivity index (χ4v) is 3.61. The van der Waals surface area contributed by atoms with Crippen LogP contribution in [0.25, 0.3) is 6.08 Å². The molecule has 1 aromatic carbocycles. The van der Waals surface area contributed by atoms with E-state index in [-0.39, 0.29) is 4.13 Å². The lowest BCUT2D eigenvalue weighted by Gasteiger charge is -2.18. The molecule has 1 rings (SSSR count). The highest BCUT2D eigenvalue weighted by atomic mass is 32.3. The third-order valence-electron chi connectivity index (χ3n) is 2.34. The van der Waals surface area contributed by atoms with Gasteiger partial charge in [-0.05, 0) is 5.56 Å². The van der Waals surface area contributed by atoms with Crippen LogP contribution in [-0.2, 0) is 25.3 Å². The number of benzene rings is 1. The lowest BCUT2D eigenvalue weighted by molar-refractivity contribution is -0.0442. The normalized spacial score (nSPS) is 13.9. The van der Waals surface area contributed by atoms with Crippen molar-refractivity contribution in [3.63, 3.8) is 0 Å². The van der Waals surface area contributed by atoms with Gasteiger partial charge in [-0.2, -0.15) is 22.0 Å². The van der Waals surface area contributed by atoms with Crippen molar-refractivity contribution in [2.45, 2.75) is 10.8 Å². The van der Waals surface area contributed by atoms with Gasteiger partial charge in [0.25, 0.3) is 10.0 Å². The van der Waals surface area contributed by atoms with Crippen molar-refractivity contribution in [2.75, 3.05) is 0 Å². The highest BCUT2D eigenvalue weighted by molar-refractivity contribution is 8.05. The molecule has 0 saturated heterocycles. The summed E-state index contributed by atoms with van der Waals surface area (Å²) in [5, 5.41) is -4.90. The van der Waals surface area contributed by atoms with Crippen molar-refractivity contribution in [3.05, 3.63) is 42.0 Å². The zero-order valence-electron chi connectivity index (χ0n) is 10.4. The van der Waals surface area contributed by atoms with E-state index >= 15 is 0 Å². The summed E-state index contributed by atoms with van der Waals surface area (Å²) in [5.41, 5.74) is -6.92. The zero-order chi connectivity index (χ0) is 17.4. The molecule has 0 aliphatic rings. The second kappa shape index (κ2) is 5.59. The first kappa shape index (κ1) is 18.5. The van der Waals surface area contributed by atoms with Crippen LogP contribution in [0.4, 0.5) is 22.0 Å². The van der Waals surface area contributed by atoms with Crippen LogP contribution >= 0.6 is 0 Å². The monoisotopic (exact) mass is 365 g/mol. The molecule has 0 amide bonds. The van der Waals surface area contributed by atoms with Crippen LogP contribution in [0.5, 0.6) is 0 Å². The van der Waals surface area contributed by atoms with Crippen molar-refractivity contribution in [1.29, 1.82) is 0 Å². The Morgan fingerprint density at radius 1 is 0.909 bits per heavy atom. The van der Waals surface area contributed by atoms with Crippen molar-refractivity contribution >= 4 is 26.1 Å². The van der Waals surface area contributed by atoms with Gasteiger partial charge in [0.2, 0.25) is 0 Å². The molecule has 0 unspecified atom stereocenters.